The molecule has 226 valence electrons. The van der Waals surface area contributed by atoms with Gasteiger partial charge in [0.1, 0.15) is 6.10 Å². The minimum atomic E-state index is -1.97. The smallest absolute Gasteiger partial charge is 0.321 e. The maximum absolute atomic E-state index is 13.1. The van der Waals surface area contributed by atoms with Crippen molar-refractivity contribution in [1.29, 1.82) is 0 Å². The predicted octanol–water partition coefficient (Wildman–Crippen LogP) is 5.59. The fourth-order valence-electron chi connectivity index (χ4n) is 6.77. The standard InChI is InChI=1S/C33H46O8/c1-5-6-7-8-12-15-27(36)41-30-29(37)32(19-17-26(35)33(30,21-32)31(38)39)18-16-22(2)28(40-24(4)34)23(3)20-25-13-10-9-11-14-25/h9-11,13-14,23,28-30,37H,2,5-8,12,15-21H2,1,3-4H3,(H,38,39)/t23?,28?,29-,30+,32?,33?/m0/s1. The van der Waals surface area contributed by atoms with Crippen LogP contribution in [0.1, 0.15) is 97.0 Å². The van der Waals surface area contributed by atoms with Gasteiger partial charge >= 0.3 is 17.9 Å². The number of rotatable bonds is 16. The molecule has 6 atom stereocenters. The predicted molar refractivity (Wildman–Crippen MR) is 154 cm³/mol. The molecule has 1 aromatic carbocycles. The minimum absolute atomic E-state index is 0.0152. The number of carbonyl (C=O) groups is 4. The van der Waals surface area contributed by atoms with Gasteiger partial charge in [-0.1, -0.05) is 76.4 Å². The van der Waals surface area contributed by atoms with Gasteiger partial charge in [-0.15, -0.1) is 0 Å². The Morgan fingerprint density at radius 3 is 2.41 bits per heavy atom. The second-order valence-electron chi connectivity index (χ2n) is 12.1. The van der Waals surface area contributed by atoms with Crippen molar-refractivity contribution in [2.24, 2.45) is 16.7 Å². The van der Waals surface area contributed by atoms with Gasteiger partial charge in [0.2, 0.25) is 0 Å². The number of carbonyl (C=O) groups excluding carboxylic acids is 3. The molecule has 0 aliphatic heterocycles. The lowest BCUT2D eigenvalue weighted by Gasteiger charge is -2.37. The Morgan fingerprint density at radius 1 is 1.10 bits per heavy atom. The van der Waals surface area contributed by atoms with Gasteiger partial charge in [-0.25, -0.2) is 0 Å². The van der Waals surface area contributed by atoms with E-state index in [0.29, 0.717) is 31.3 Å². The number of hydrogen-bond donors (Lipinski definition) is 2. The molecule has 1 aromatic rings. The van der Waals surface area contributed by atoms with Crippen LogP contribution in [0.15, 0.2) is 42.5 Å². The zero-order valence-electron chi connectivity index (χ0n) is 24.7. The monoisotopic (exact) mass is 570 g/mol. The molecule has 0 radical (unpaired) electrons. The number of carboxylic acid groups (broad SMARTS) is 1. The summed E-state index contributed by atoms with van der Waals surface area (Å²) < 4.78 is 11.3. The number of carboxylic acids is 1. The SMILES string of the molecule is C=C(CCC12CCC(=O)C(C(=O)O)(C1)[C@H](OC(=O)CCCCCCC)[C@@H]2O)C(OC(C)=O)C(C)Cc1ccccc1. The number of aliphatic carboxylic acids is 1. The van der Waals surface area contributed by atoms with E-state index >= 15 is 0 Å². The van der Waals surface area contributed by atoms with E-state index in [1.165, 1.54) is 6.92 Å². The van der Waals surface area contributed by atoms with Crippen LogP contribution in [-0.4, -0.2) is 52.2 Å². The van der Waals surface area contributed by atoms with Crippen molar-refractivity contribution in [2.45, 2.75) is 116 Å². The average molecular weight is 571 g/mol. The summed E-state index contributed by atoms with van der Waals surface area (Å²) in [5, 5.41) is 21.8. The molecule has 0 spiro atoms. The molecule has 2 fully saturated rings. The number of unbranched alkanes of at least 4 members (excludes halogenated alkanes) is 4. The van der Waals surface area contributed by atoms with Gasteiger partial charge < -0.3 is 19.7 Å². The number of fused-ring (bicyclic) bond motifs is 2. The minimum Gasteiger partial charge on any atom is -0.480 e. The van der Waals surface area contributed by atoms with Crippen molar-refractivity contribution in [3.05, 3.63) is 48.0 Å². The first-order valence-corrected chi connectivity index (χ1v) is 15.0. The van der Waals surface area contributed by atoms with Crippen LogP contribution in [0.4, 0.5) is 0 Å². The summed E-state index contributed by atoms with van der Waals surface area (Å²) in [7, 11) is 0. The first-order valence-electron chi connectivity index (χ1n) is 15.0. The van der Waals surface area contributed by atoms with Gasteiger partial charge in [-0.05, 0) is 49.7 Å². The molecule has 4 unspecified atom stereocenters. The highest BCUT2D eigenvalue weighted by Gasteiger charge is 2.71. The maximum Gasteiger partial charge on any atom is 0.321 e. The molecular weight excluding hydrogens is 524 g/mol. The van der Waals surface area contributed by atoms with Crippen LogP contribution in [0.3, 0.4) is 0 Å². The van der Waals surface area contributed by atoms with E-state index in [1.807, 2.05) is 37.3 Å². The molecule has 2 saturated carbocycles. The van der Waals surface area contributed by atoms with Crippen molar-refractivity contribution in [3.8, 4) is 0 Å². The summed E-state index contributed by atoms with van der Waals surface area (Å²) in [5.74, 6) is -2.96. The molecule has 2 aliphatic rings. The fraction of sp³-hybridized carbons (Fsp3) is 0.636. The third kappa shape index (κ3) is 7.45. The van der Waals surface area contributed by atoms with E-state index in [0.717, 1.165) is 31.2 Å². The first kappa shape index (κ1) is 32.5. The Labute approximate surface area is 243 Å². The molecule has 2 aliphatic carbocycles. The van der Waals surface area contributed by atoms with E-state index in [1.54, 1.807) is 0 Å². The molecule has 0 heterocycles. The topological polar surface area (TPSA) is 127 Å². The summed E-state index contributed by atoms with van der Waals surface area (Å²) in [6.07, 6.45) is 2.94. The second kappa shape index (κ2) is 14.3. The molecular formula is C33H46O8. The highest BCUT2D eigenvalue weighted by atomic mass is 16.6. The number of aliphatic hydroxyl groups is 1. The van der Waals surface area contributed by atoms with Gasteiger partial charge in [0.15, 0.2) is 17.3 Å². The molecule has 41 heavy (non-hydrogen) atoms. The van der Waals surface area contributed by atoms with E-state index in [9.17, 15) is 29.4 Å². The first-order chi connectivity index (χ1) is 19.5. The van der Waals surface area contributed by atoms with Gasteiger partial charge in [0.05, 0.1) is 6.10 Å². The average Bonchev–Trinajstić information content (AvgIpc) is 3.14. The number of benzene rings is 1. The van der Waals surface area contributed by atoms with Crippen molar-refractivity contribution in [2.75, 3.05) is 0 Å². The zero-order chi connectivity index (χ0) is 30.2. The zero-order valence-corrected chi connectivity index (χ0v) is 24.7. The summed E-state index contributed by atoms with van der Waals surface area (Å²) in [6, 6.07) is 9.86. The van der Waals surface area contributed by atoms with Gasteiger partial charge in [-0.3, -0.25) is 19.2 Å². The number of ether oxygens (including phenoxy) is 2. The Bertz CT molecular complexity index is 1100. The van der Waals surface area contributed by atoms with E-state index < -0.39 is 52.8 Å². The summed E-state index contributed by atoms with van der Waals surface area (Å²) in [6.45, 7) is 9.66. The molecule has 0 aromatic heterocycles. The van der Waals surface area contributed by atoms with Crippen LogP contribution in [0.2, 0.25) is 0 Å². The quantitative estimate of drug-likeness (QED) is 0.114. The van der Waals surface area contributed by atoms with Crippen LogP contribution in [0.5, 0.6) is 0 Å². The van der Waals surface area contributed by atoms with Crippen LogP contribution in [0, 0.1) is 16.7 Å². The van der Waals surface area contributed by atoms with E-state index in [4.69, 9.17) is 9.47 Å². The van der Waals surface area contributed by atoms with Gasteiger partial charge in [0, 0.05) is 31.1 Å². The lowest BCUT2D eigenvalue weighted by Crippen LogP contribution is -2.50. The van der Waals surface area contributed by atoms with Gasteiger partial charge in [0.25, 0.3) is 0 Å². The van der Waals surface area contributed by atoms with Crippen molar-refractivity contribution in [1.82, 2.24) is 0 Å². The number of Topliss-reactive ketones (excluding diaryl/α,β-unsaturated/α-hetero) is 1. The summed E-state index contributed by atoms with van der Waals surface area (Å²) >= 11 is 0. The van der Waals surface area contributed by atoms with Crippen LogP contribution < -0.4 is 0 Å². The third-order valence-electron chi connectivity index (χ3n) is 9.06. The molecule has 2 bridgehead atoms. The highest BCUT2D eigenvalue weighted by Crippen LogP contribution is 2.60. The maximum atomic E-state index is 13.1. The Balaban J connectivity index is 1.75. The van der Waals surface area contributed by atoms with Crippen LogP contribution in [0.25, 0.3) is 0 Å². The Hall–Kier alpha value is -3.00. The van der Waals surface area contributed by atoms with Crippen LogP contribution >= 0.6 is 0 Å². The Kier molecular flexibility index (Phi) is 11.3. The lowest BCUT2D eigenvalue weighted by atomic mass is 9.65. The van der Waals surface area contributed by atoms with E-state index in [2.05, 4.69) is 13.5 Å². The largest absolute Gasteiger partial charge is 0.480 e. The number of hydrogen-bond acceptors (Lipinski definition) is 7. The highest BCUT2D eigenvalue weighted by molar-refractivity contribution is 6.05. The van der Waals surface area contributed by atoms with Crippen molar-refractivity contribution in [3.63, 3.8) is 0 Å². The fourth-order valence-corrected chi connectivity index (χ4v) is 6.77. The second-order valence-corrected chi connectivity index (χ2v) is 12.1. The summed E-state index contributed by atoms with van der Waals surface area (Å²) in [4.78, 5) is 50.4. The van der Waals surface area contributed by atoms with Crippen LogP contribution in [-0.2, 0) is 35.1 Å². The lowest BCUT2D eigenvalue weighted by molar-refractivity contribution is -0.175. The van der Waals surface area contributed by atoms with Gasteiger partial charge in [-0.2, -0.15) is 0 Å². The number of aliphatic hydroxyl groups excluding tert-OH is 1. The van der Waals surface area contributed by atoms with Crippen molar-refractivity contribution < 1.29 is 38.9 Å². The molecule has 0 amide bonds. The Morgan fingerprint density at radius 2 is 1.78 bits per heavy atom. The number of ketones is 1. The molecule has 8 heteroatoms. The molecule has 8 nitrogen and oxygen atoms in total. The summed E-state index contributed by atoms with van der Waals surface area (Å²) in [5.41, 5.74) is -1.14. The third-order valence-corrected chi connectivity index (χ3v) is 9.06. The molecule has 2 N–H and O–H groups in total. The number of esters is 2. The molecule has 3 rings (SSSR count). The molecule has 0 saturated heterocycles. The normalized spacial score (nSPS) is 26.7. The van der Waals surface area contributed by atoms with Crippen molar-refractivity contribution >= 4 is 23.7 Å². The van der Waals surface area contributed by atoms with E-state index in [-0.39, 0.29) is 31.6 Å².